The van der Waals surface area contributed by atoms with Crippen molar-refractivity contribution in [1.29, 1.82) is 0 Å². The van der Waals surface area contributed by atoms with Crippen molar-refractivity contribution in [3.8, 4) is 0 Å². The van der Waals surface area contributed by atoms with Crippen molar-refractivity contribution in [2.45, 2.75) is 25.7 Å². The highest BCUT2D eigenvalue weighted by Crippen LogP contribution is 2.29. The molecule has 0 saturated heterocycles. The Morgan fingerprint density at radius 1 is 1.45 bits per heavy atom. The molecule has 6 nitrogen and oxygen atoms in total. The number of alkyl halides is 3. The van der Waals surface area contributed by atoms with E-state index < -0.39 is 23.7 Å². The highest BCUT2D eigenvalue weighted by atomic mass is 19.4. The minimum atomic E-state index is -4.45. The quantitative estimate of drug-likeness (QED) is 0.870. The Hall–Kier alpha value is -2.16. The lowest BCUT2D eigenvalue weighted by Crippen LogP contribution is -2.38. The molecule has 0 fully saturated rings. The van der Waals surface area contributed by atoms with E-state index >= 15 is 0 Å². The zero-order valence-corrected chi connectivity index (χ0v) is 10.5. The second-order valence-corrected chi connectivity index (χ2v) is 4.27. The molecule has 0 aliphatic rings. The number of nitrogens with two attached hydrogens (primary N) is 1. The van der Waals surface area contributed by atoms with Crippen LogP contribution in [0.4, 0.5) is 13.2 Å². The Bertz CT molecular complexity index is 635. The molecule has 9 heteroatoms. The van der Waals surface area contributed by atoms with Gasteiger partial charge in [0.25, 0.3) is 0 Å². The number of nitrogens with one attached hydrogen (secondary N) is 1. The third kappa shape index (κ3) is 2.87. The van der Waals surface area contributed by atoms with Crippen LogP contribution in [-0.4, -0.2) is 26.5 Å². The van der Waals surface area contributed by atoms with E-state index in [0.717, 1.165) is 12.3 Å². The van der Waals surface area contributed by atoms with E-state index in [-0.39, 0.29) is 18.0 Å². The van der Waals surface area contributed by atoms with E-state index in [1.54, 1.807) is 0 Å². The van der Waals surface area contributed by atoms with Crippen molar-refractivity contribution in [1.82, 2.24) is 19.9 Å². The van der Waals surface area contributed by atoms with E-state index in [1.165, 1.54) is 17.4 Å². The fraction of sp³-hybridized carbons (Fsp3) is 0.364. The number of aromatic nitrogens is 3. The summed E-state index contributed by atoms with van der Waals surface area (Å²) in [7, 11) is 0. The SMILES string of the molecule is C[C@@H](N)C(=O)NCc1nnc2ccc(C(F)(F)F)cn12. The number of fused-ring (bicyclic) bond motifs is 1. The highest BCUT2D eigenvalue weighted by molar-refractivity contribution is 5.80. The van der Waals surface area contributed by atoms with E-state index in [4.69, 9.17) is 5.73 Å². The van der Waals surface area contributed by atoms with Gasteiger partial charge >= 0.3 is 6.18 Å². The molecule has 0 aliphatic carbocycles. The van der Waals surface area contributed by atoms with E-state index in [1.807, 2.05) is 0 Å². The zero-order chi connectivity index (χ0) is 14.9. The van der Waals surface area contributed by atoms with Gasteiger partial charge in [-0.25, -0.2) is 0 Å². The Labute approximate surface area is 111 Å². The standard InChI is InChI=1S/C11H12F3N5O/c1-6(15)10(20)16-4-9-18-17-8-3-2-7(5-19(8)9)11(12,13)14/h2-3,5-6H,4,15H2,1H3,(H,16,20)/t6-/m1/s1. The molecule has 1 amide bonds. The molecule has 2 heterocycles. The molecule has 0 bridgehead atoms. The maximum atomic E-state index is 12.6. The summed E-state index contributed by atoms with van der Waals surface area (Å²) in [5.41, 5.74) is 4.82. The molecule has 108 valence electrons. The fourth-order valence-electron chi connectivity index (χ4n) is 1.55. The van der Waals surface area contributed by atoms with Crippen LogP contribution in [0.25, 0.3) is 5.65 Å². The predicted octanol–water partition coefficient (Wildman–Crippen LogP) is 0.712. The lowest BCUT2D eigenvalue weighted by atomic mass is 10.3. The monoisotopic (exact) mass is 287 g/mol. The summed E-state index contributed by atoms with van der Waals surface area (Å²) < 4.78 is 39.1. The molecule has 2 rings (SSSR count). The van der Waals surface area contributed by atoms with Gasteiger partial charge in [0.15, 0.2) is 11.5 Å². The summed E-state index contributed by atoms with van der Waals surface area (Å²) in [6.07, 6.45) is -3.56. The van der Waals surface area contributed by atoms with Gasteiger partial charge in [-0.3, -0.25) is 9.20 Å². The summed E-state index contributed by atoms with van der Waals surface area (Å²) in [5, 5.41) is 9.93. The Kier molecular flexibility index (Phi) is 3.62. The molecule has 0 spiro atoms. The maximum Gasteiger partial charge on any atom is 0.417 e. The number of halogens is 3. The number of pyridine rings is 1. The Morgan fingerprint density at radius 2 is 2.15 bits per heavy atom. The summed E-state index contributed by atoms with van der Waals surface area (Å²) in [6.45, 7) is 1.45. The van der Waals surface area contributed by atoms with Crippen molar-refractivity contribution >= 4 is 11.6 Å². The smallest absolute Gasteiger partial charge is 0.347 e. The van der Waals surface area contributed by atoms with Crippen molar-refractivity contribution in [2.24, 2.45) is 5.73 Å². The fourth-order valence-corrected chi connectivity index (χ4v) is 1.55. The summed E-state index contributed by atoms with van der Waals surface area (Å²) in [4.78, 5) is 11.3. The minimum absolute atomic E-state index is 0.0527. The lowest BCUT2D eigenvalue weighted by Gasteiger charge is -2.08. The average Bonchev–Trinajstić information content (AvgIpc) is 2.77. The van der Waals surface area contributed by atoms with Gasteiger partial charge in [0.05, 0.1) is 18.2 Å². The third-order valence-electron chi connectivity index (χ3n) is 2.63. The Balaban J connectivity index is 2.28. The Morgan fingerprint density at radius 3 is 2.75 bits per heavy atom. The molecule has 3 N–H and O–H groups in total. The second kappa shape index (κ2) is 5.08. The van der Waals surface area contributed by atoms with Crippen LogP contribution in [0.2, 0.25) is 0 Å². The second-order valence-electron chi connectivity index (χ2n) is 4.27. The molecule has 0 saturated carbocycles. The van der Waals surface area contributed by atoms with Crippen LogP contribution >= 0.6 is 0 Å². The maximum absolute atomic E-state index is 12.6. The normalized spacial score (nSPS) is 13.4. The summed E-state index contributed by atoms with van der Waals surface area (Å²) >= 11 is 0. The molecule has 0 aromatic carbocycles. The molecular weight excluding hydrogens is 275 g/mol. The number of hydrogen-bond donors (Lipinski definition) is 2. The topological polar surface area (TPSA) is 85.3 Å². The van der Waals surface area contributed by atoms with E-state index in [2.05, 4.69) is 15.5 Å². The van der Waals surface area contributed by atoms with Gasteiger partial charge in [-0.05, 0) is 19.1 Å². The molecule has 0 radical (unpaired) electrons. The van der Waals surface area contributed by atoms with Crippen LogP contribution in [0, 0.1) is 0 Å². The van der Waals surface area contributed by atoms with Crippen LogP contribution in [0.3, 0.4) is 0 Å². The largest absolute Gasteiger partial charge is 0.417 e. The van der Waals surface area contributed by atoms with Crippen molar-refractivity contribution < 1.29 is 18.0 Å². The van der Waals surface area contributed by atoms with Crippen LogP contribution in [0.5, 0.6) is 0 Å². The molecule has 0 aliphatic heterocycles. The first kappa shape index (κ1) is 14.3. The molecular formula is C11H12F3N5O. The number of hydrogen-bond acceptors (Lipinski definition) is 4. The zero-order valence-electron chi connectivity index (χ0n) is 10.5. The minimum Gasteiger partial charge on any atom is -0.347 e. The van der Waals surface area contributed by atoms with Crippen molar-refractivity contribution in [2.75, 3.05) is 0 Å². The number of nitrogens with zero attached hydrogens (tertiary/aromatic N) is 3. The van der Waals surface area contributed by atoms with Crippen LogP contribution in [0.1, 0.15) is 18.3 Å². The number of carbonyl (C=O) groups excluding carboxylic acids is 1. The van der Waals surface area contributed by atoms with Crippen molar-refractivity contribution in [3.05, 3.63) is 29.7 Å². The highest BCUT2D eigenvalue weighted by Gasteiger charge is 2.31. The molecule has 2 aromatic heterocycles. The summed E-state index contributed by atoms with van der Waals surface area (Å²) in [5.74, 6) is -0.228. The molecule has 0 unspecified atom stereocenters. The molecule has 2 aromatic rings. The lowest BCUT2D eigenvalue weighted by molar-refractivity contribution is -0.137. The van der Waals surface area contributed by atoms with Gasteiger partial charge in [0.1, 0.15) is 0 Å². The average molecular weight is 287 g/mol. The first-order valence-corrected chi connectivity index (χ1v) is 5.73. The van der Waals surface area contributed by atoms with Gasteiger partial charge in [-0.1, -0.05) is 0 Å². The van der Waals surface area contributed by atoms with Crippen LogP contribution in [-0.2, 0) is 17.5 Å². The molecule has 20 heavy (non-hydrogen) atoms. The van der Waals surface area contributed by atoms with Gasteiger partial charge in [0, 0.05) is 6.20 Å². The number of carbonyl (C=O) groups is 1. The third-order valence-corrected chi connectivity index (χ3v) is 2.63. The van der Waals surface area contributed by atoms with E-state index in [9.17, 15) is 18.0 Å². The first-order valence-electron chi connectivity index (χ1n) is 5.73. The van der Waals surface area contributed by atoms with Gasteiger partial charge in [0.2, 0.25) is 5.91 Å². The van der Waals surface area contributed by atoms with Crippen LogP contribution in [0.15, 0.2) is 18.3 Å². The number of rotatable bonds is 3. The first-order chi connectivity index (χ1) is 9.29. The van der Waals surface area contributed by atoms with Gasteiger partial charge in [-0.15, -0.1) is 10.2 Å². The van der Waals surface area contributed by atoms with Gasteiger partial charge < -0.3 is 11.1 Å². The predicted molar refractivity (Wildman–Crippen MR) is 63.5 cm³/mol. The number of amides is 1. The van der Waals surface area contributed by atoms with E-state index in [0.29, 0.717) is 0 Å². The van der Waals surface area contributed by atoms with Crippen LogP contribution < -0.4 is 11.1 Å². The van der Waals surface area contributed by atoms with Crippen molar-refractivity contribution in [3.63, 3.8) is 0 Å². The molecule has 1 atom stereocenters. The van der Waals surface area contributed by atoms with Gasteiger partial charge in [-0.2, -0.15) is 13.2 Å². The summed E-state index contributed by atoms with van der Waals surface area (Å²) in [6, 6.07) is 1.43.